The van der Waals surface area contributed by atoms with Gasteiger partial charge in [-0.1, -0.05) is 42.4 Å². The van der Waals surface area contributed by atoms with Gasteiger partial charge in [0.1, 0.15) is 19.0 Å². The molecule has 1 aliphatic carbocycles. The maximum atomic E-state index is 15.1. The zero-order valence-corrected chi connectivity index (χ0v) is 26.3. The summed E-state index contributed by atoms with van der Waals surface area (Å²) in [5.41, 5.74) is 2.33. The van der Waals surface area contributed by atoms with Crippen molar-refractivity contribution in [2.45, 2.75) is 77.0 Å². The Hall–Kier alpha value is -3.09. The predicted octanol–water partition coefficient (Wildman–Crippen LogP) is 5.28. The van der Waals surface area contributed by atoms with Gasteiger partial charge in [0.05, 0.1) is 40.3 Å². The molecule has 43 heavy (non-hydrogen) atoms. The first-order valence-electron chi connectivity index (χ1n) is 14.4. The Morgan fingerprint density at radius 2 is 2.07 bits per heavy atom. The molecule has 0 unspecified atom stereocenters. The van der Waals surface area contributed by atoms with Crippen LogP contribution in [0, 0.1) is 18.7 Å². The van der Waals surface area contributed by atoms with Crippen LogP contribution in [0.2, 0.25) is 0 Å². The monoisotopic (exact) mass is 627 g/mol. The molecule has 3 aliphatic rings. The number of esters is 1. The van der Waals surface area contributed by atoms with Crippen LogP contribution >= 0.6 is 21.6 Å². The van der Waals surface area contributed by atoms with Crippen LogP contribution in [0.25, 0.3) is 22.3 Å². The van der Waals surface area contributed by atoms with Gasteiger partial charge in [-0.15, -0.1) is 0 Å². The van der Waals surface area contributed by atoms with Gasteiger partial charge in [0.15, 0.2) is 5.60 Å². The summed E-state index contributed by atoms with van der Waals surface area (Å²) in [5, 5.41) is 15.2. The van der Waals surface area contributed by atoms with Crippen molar-refractivity contribution in [2.75, 3.05) is 12.9 Å². The largest absolute Gasteiger partial charge is 0.458 e. The van der Waals surface area contributed by atoms with E-state index in [0.717, 1.165) is 22.1 Å². The lowest BCUT2D eigenvalue weighted by atomic mass is 9.81. The number of nitrogens with one attached hydrogen (secondary N) is 1. The summed E-state index contributed by atoms with van der Waals surface area (Å²) in [5.74, 6) is -0.852. The van der Waals surface area contributed by atoms with Gasteiger partial charge < -0.3 is 24.5 Å². The van der Waals surface area contributed by atoms with E-state index in [1.165, 1.54) is 6.07 Å². The van der Waals surface area contributed by atoms with E-state index in [2.05, 4.69) is 19.2 Å². The second-order valence-electron chi connectivity index (χ2n) is 11.7. The minimum atomic E-state index is -1.96. The molecule has 1 aromatic carbocycles. The summed E-state index contributed by atoms with van der Waals surface area (Å²) in [4.78, 5) is 44.3. The van der Waals surface area contributed by atoms with E-state index in [0.29, 0.717) is 41.2 Å². The Morgan fingerprint density at radius 3 is 2.77 bits per heavy atom. The Labute approximate surface area is 256 Å². The lowest BCUT2D eigenvalue weighted by Gasteiger charge is -2.31. The fourth-order valence-electron chi connectivity index (χ4n) is 6.50. The second-order valence-corrected chi connectivity index (χ2v) is 14.4. The van der Waals surface area contributed by atoms with Crippen LogP contribution < -0.4 is 10.9 Å². The van der Waals surface area contributed by atoms with Crippen LogP contribution in [0.4, 0.5) is 9.18 Å². The summed E-state index contributed by atoms with van der Waals surface area (Å²) >= 11 is 0. The summed E-state index contributed by atoms with van der Waals surface area (Å²) in [6.45, 7) is 7.78. The van der Waals surface area contributed by atoms with Crippen LogP contribution in [0.3, 0.4) is 0 Å². The van der Waals surface area contributed by atoms with Crippen molar-refractivity contribution >= 4 is 44.6 Å². The number of carbonyl (C=O) groups excluding carboxylic acids is 2. The number of carbonyl (C=O) groups is 2. The molecule has 2 aromatic heterocycles. The van der Waals surface area contributed by atoms with Gasteiger partial charge in [0.2, 0.25) is 0 Å². The highest BCUT2D eigenvalue weighted by molar-refractivity contribution is 8.76. The maximum Gasteiger partial charge on any atom is 0.407 e. The van der Waals surface area contributed by atoms with E-state index >= 15 is 4.39 Å². The third-order valence-electron chi connectivity index (χ3n) is 9.01. The summed E-state index contributed by atoms with van der Waals surface area (Å²) < 4.78 is 27.5. The third kappa shape index (κ3) is 4.73. The van der Waals surface area contributed by atoms with Crippen LogP contribution in [0.5, 0.6) is 0 Å². The summed E-state index contributed by atoms with van der Waals surface area (Å²) in [7, 11) is 3.31. The highest BCUT2D eigenvalue weighted by Crippen LogP contribution is 2.46. The zero-order valence-electron chi connectivity index (χ0n) is 24.7. The number of amides is 1. The fourth-order valence-corrected chi connectivity index (χ4v) is 8.66. The van der Waals surface area contributed by atoms with Gasteiger partial charge in [-0.25, -0.2) is 19.0 Å². The average Bonchev–Trinajstić information content (AvgIpc) is 3.35. The minimum Gasteiger partial charge on any atom is -0.458 e. The van der Waals surface area contributed by atoms with Gasteiger partial charge in [-0.05, 0) is 61.1 Å². The molecule has 2 N–H and O–H groups in total. The fraction of sp³-hybridized carbons (Fsp3) is 0.484. The first-order valence-corrected chi connectivity index (χ1v) is 17.1. The molecule has 0 radical (unpaired) electrons. The Morgan fingerprint density at radius 1 is 1.30 bits per heavy atom. The Bertz CT molecular complexity index is 1740. The van der Waals surface area contributed by atoms with Crippen LogP contribution in [-0.2, 0) is 39.4 Å². The lowest BCUT2D eigenvalue weighted by molar-refractivity contribution is -0.172. The topological polar surface area (TPSA) is 120 Å². The van der Waals surface area contributed by atoms with E-state index in [9.17, 15) is 19.5 Å². The van der Waals surface area contributed by atoms with Crippen LogP contribution in [0.15, 0.2) is 16.9 Å². The van der Waals surface area contributed by atoms with Crippen molar-refractivity contribution in [1.29, 1.82) is 0 Å². The Kier molecular flexibility index (Phi) is 7.75. The molecule has 0 bridgehead atoms. The van der Waals surface area contributed by atoms with Gasteiger partial charge in [-0.3, -0.25) is 4.79 Å². The van der Waals surface area contributed by atoms with Gasteiger partial charge in [0, 0.05) is 22.6 Å². The molecule has 228 valence electrons. The number of aliphatic hydroxyl groups is 1. The molecule has 0 saturated carbocycles. The highest BCUT2D eigenvalue weighted by Gasteiger charge is 2.46. The first-order chi connectivity index (χ1) is 20.5. The zero-order chi connectivity index (χ0) is 30.8. The number of rotatable bonds is 7. The Balaban J connectivity index is 1.47. The quantitative estimate of drug-likeness (QED) is 0.208. The maximum absolute atomic E-state index is 15.1. The molecule has 1 amide bonds. The van der Waals surface area contributed by atoms with E-state index in [1.54, 1.807) is 46.1 Å². The van der Waals surface area contributed by atoms with Crippen molar-refractivity contribution < 1.29 is 28.6 Å². The standard InChI is InChI=1S/C31H34FN3O6S2/c1-6-31(39)19-9-23-27-17(11-35(23)28(36)18(19)12-40-29(31)37)26-21(34-30(38)41-13-24(14(2)3)43-42-5)8-7-16-15(4)20(32)10-22(33-27)25(16)26/h9-10,14,21,24,39H,6-8,11-13H2,1-5H3,(H,34,38)/t21-,24+,31-/m0/s1. The number of hydrogen-bond acceptors (Lipinski definition) is 9. The number of ether oxygens (including phenoxy) is 2. The average molecular weight is 628 g/mol. The van der Waals surface area contributed by atoms with E-state index in [1.807, 2.05) is 6.26 Å². The number of halogens is 1. The van der Waals surface area contributed by atoms with Crippen molar-refractivity contribution in [1.82, 2.24) is 14.9 Å². The third-order valence-corrected chi connectivity index (χ3v) is 11.5. The molecule has 0 saturated heterocycles. The number of hydrogen-bond donors (Lipinski definition) is 2. The molecule has 6 rings (SSSR count). The number of aromatic nitrogens is 2. The molecule has 2 aliphatic heterocycles. The van der Waals surface area contributed by atoms with E-state index < -0.39 is 23.7 Å². The van der Waals surface area contributed by atoms with Crippen molar-refractivity contribution in [3.63, 3.8) is 0 Å². The number of alkyl carbamates (subject to hydrolysis) is 1. The molecule has 3 aromatic rings. The van der Waals surface area contributed by atoms with E-state index in [4.69, 9.17) is 14.5 Å². The van der Waals surface area contributed by atoms with Crippen LogP contribution in [-0.4, -0.2) is 44.8 Å². The number of benzene rings is 1. The summed E-state index contributed by atoms with van der Waals surface area (Å²) in [6, 6.07) is 2.58. The van der Waals surface area contributed by atoms with Gasteiger partial charge in [-0.2, -0.15) is 0 Å². The SMILES string of the molecule is CC[C@@]1(O)C(=O)OCc2c1cc1n(c2=O)Cc2c-1nc1cc(F)c(C)c3c1c2[C@@H](NC(=O)OC[C@@H](SSC)C(C)C)CC3. The molecule has 9 nitrogen and oxygen atoms in total. The predicted molar refractivity (Wildman–Crippen MR) is 164 cm³/mol. The van der Waals surface area contributed by atoms with Crippen LogP contribution in [0.1, 0.15) is 73.0 Å². The van der Waals surface area contributed by atoms with Gasteiger partial charge >= 0.3 is 12.1 Å². The molecule has 3 atom stereocenters. The molecule has 12 heteroatoms. The van der Waals surface area contributed by atoms with E-state index in [-0.39, 0.29) is 53.9 Å². The molecule has 4 heterocycles. The smallest absolute Gasteiger partial charge is 0.407 e. The minimum absolute atomic E-state index is 0.0278. The molecular weight excluding hydrogens is 593 g/mol. The van der Waals surface area contributed by atoms with Crippen molar-refractivity contribution in [3.8, 4) is 11.4 Å². The summed E-state index contributed by atoms with van der Waals surface area (Å²) in [6.07, 6.45) is 2.54. The molecular formula is C31H34FN3O6S2. The second kappa shape index (κ2) is 11.1. The van der Waals surface area contributed by atoms with Crippen molar-refractivity contribution in [2.24, 2.45) is 5.92 Å². The highest BCUT2D eigenvalue weighted by atomic mass is 33.1. The number of pyridine rings is 2. The molecule has 0 fully saturated rings. The number of fused-ring (bicyclic) bond motifs is 5. The van der Waals surface area contributed by atoms with Gasteiger partial charge in [0.25, 0.3) is 5.56 Å². The normalized spacial score (nSPS) is 20.8. The lowest BCUT2D eigenvalue weighted by Crippen LogP contribution is -2.44. The molecule has 0 spiro atoms. The number of cyclic esters (lactones) is 1. The van der Waals surface area contributed by atoms with Crippen molar-refractivity contribution in [3.05, 3.63) is 61.7 Å². The number of nitrogens with zero attached hydrogens (tertiary/aromatic N) is 2. The number of aryl methyl sites for hydroxylation is 1. The first kappa shape index (κ1) is 30.0.